The number of benzene rings is 3. The van der Waals surface area contributed by atoms with Crippen LogP contribution in [0, 0.1) is 16.0 Å². The van der Waals surface area contributed by atoms with Crippen molar-refractivity contribution in [1.29, 1.82) is 0 Å². The molecule has 6 heteroatoms. The van der Waals surface area contributed by atoms with Gasteiger partial charge < -0.3 is 4.90 Å². The SMILES string of the molecule is O=c1c([N+](=O)[O-])c(N2CCC(Cc3ccccc3)CC2)c2ccccc2n1-c1ccccc1. The molecule has 6 nitrogen and oxygen atoms in total. The summed E-state index contributed by atoms with van der Waals surface area (Å²) in [6.07, 6.45) is 2.87. The summed E-state index contributed by atoms with van der Waals surface area (Å²) >= 11 is 0. The van der Waals surface area contributed by atoms with Crippen molar-refractivity contribution in [2.75, 3.05) is 18.0 Å². The Kier molecular flexibility index (Phi) is 5.65. The molecule has 166 valence electrons. The van der Waals surface area contributed by atoms with Crippen LogP contribution < -0.4 is 10.5 Å². The van der Waals surface area contributed by atoms with Crippen LogP contribution in [-0.4, -0.2) is 22.6 Å². The molecule has 1 aliphatic rings. The van der Waals surface area contributed by atoms with Gasteiger partial charge in [-0.05, 0) is 48.9 Å². The van der Waals surface area contributed by atoms with E-state index in [1.54, 1.807) is 12.1 Å². The van der Waals surface area contributed by atoms with E-state index in [9.17, 15) is 14.9 Å². The van der Waals surface area contributed by atoms with Crippen molar-refractivity contribution in [3.63, 3.8) is 0 Å². The van der Waals surface area contributed by atoms with Gasteiger partial charge in [-0.15, -0.1) is 0 Å². The number of rotatable bonds is 5. The summed E-state index contributed by atoms with van der Waals surface area (Å²) in [7, 11) is 0. The summed E-state index contributed by atoms with van der Waals surface area (Å²) in [5, 5.41) is 12.9. The van der Waals surface area contributed by atoms with Gasteiger partial charge >= 0.3 is 11.2 Å². The van der Waals surface area contributed by atoms with Crippen LogP contribution >= 0.6 is 0 Å². The topological polar surface area (TPSA) is 68.4 Å². The van der Waals surface area contributed by atoms with Crippen LogP contribution in [0.15, 0.2) is 89.7 Å². The molecule has 2 heterocycles. The first kappa shape index (κ1) is 20.9. The smallest absolute Gasteiger partial charge is 0.358 e. The monoisotopic (exact) mass is 439 g/mol. The lowest BCUT2D eigenvalue weighted by Crippen LogP contribution is -2.36. The van der Waals surface area contributed by atoms with Gasteiger partial charge in [0.05, 0.1) is 10.4 Å². The van der Waals surface area contributed by atoms with Crippen LogP contribution in [0.2, 0.25) is 0 Å². The summed E-state index contributed by atoms with van der Waals surface area (Å²) < 4.78 is 1.46. The second-order valence-electron chi connectivity index (χ2n) is 8.57. The summed E-state index contributed by atoms with van der Waals surface area (Å²) in [5.74, 6) is 0.527. The highest BCUT2D eigenvalue weighted by atomic mass is 16.6. The van der Waals surface area contributed by atoms with Gasteiger partial charge in [0.25, 0.3) is 0 Å². The van der Waals surface area contributed by atoms with Crippen molar-refractivity contribution in [2.24, 2.45) is 5.92 Å². The van der Waals surface area contributed by atoms with Crippen LogP contribution in [0.25, 0.3) is 16.6 Å². The molecule has 0 atom stereocenters. The van der Waals surface area contributed by atoms with E-state index in [0.717, 1.165) is 24.6 Å². The van der Waals surface area contributed by atoms with Crippen LogP contribution in [-0.2, 0) is 6.42 Å². The van der Waals surface area contributed by atoms with Gasteiger partial charge in [0, 0.05) is 24.2 Å². The van der Waals surface area contributed by atoms with Crippen molar-refractivity contribution in [1.82, 2.24) is 4.57 Å². The van der Waals surface area contributed by atoms with Gasteiger partial charge in [0.1, 0.15) is 5.69 Å². The van der Waals surface area contributed by atoms with Gasteiger partial charge in [-0.1, -0.05) is 66.7 Å². The number of hydrogen-bond acceptors (Lipinski definition) is 4. The molecule has 0 aliphatic carbocycles. The number of aromatic nitrogens is 1. The number of piperidine rings is 1. The Morgan fingerprint density at radius 3 is 2.12 bits per heavy atom. The third-order valence-corrected chi connectivity index (χ3v) is 6.52. The molecule has 0 unspecified atom stereocenters. The molecular formula is C27H25N3O3. The lowest BCUT2D eigenvalue weighted by Gasteiger charge is -2.34. The molecular weight excluding hydrogens is 414 g/mol. The van der Waals surface area contributed by atoms with Gasteiger partial charge in [-0.25, -0.2) is 0 Å². The number of anilines is 1. The first-order valence-electron chi connectivity index (χ1n) is 11.3. The number of nitrogens with zero attached hydrogens (tertiary/aromatic N) is 3. The van der Waals surface area contributed by atoms with Gasteiger partial charge in [-0.3, -0.25) is 19.5 Å². The molecule has 1 saturated heterocycles. The average molecular weight is 440 g/mol. The number of nitro groups is 1. The fraction of sp³-hybridized carbons (Fsp3) is 0.222. The van der Waals surface area contributed by atoms with Gasteiger partial charge in [-0.2, -0.15) is 0 Å². The van der Waals surface area contributed by atoms with Crippen LogP contribution in [0.1, 0.15) is 18.4 Å². The van der Waals surface area contributed by atoms with Crippen LogP contribution in [0.4, 0.5) is 11.4 Å². The first-order chi connectivity index (χ1) is 16.1. The van der Waals surface area contributed by atoms with Crippen molar-refractivity contribution in [2.45, 2.75) is 19.3 Å². The third kappa shape index (κ3) is 4.00. The van der Waals surface area contributed by atoms with E-state index >= 15 is 0 Å². The predicted octanol–water partition coefficient (Wildman–Crippen LogP) is 5.36. The molecule has 5 rings (SSSR count). The molecule has 0 N–H and O–H groups in total. The van der Waals surface area contributed by atoms with Crippen molar-refractivity contribution in [3.05, 3.63) is 111 Å². The van der Waals surface area contributed by atoms with E-state index in [0.29, 0.717) is 35.9 Å². The Labute approximate surface area is 191 Å². The maximum absolute atomic E-state index is 13.5. The highest BCUT2D eigenvalue weighted by Gasteiger charge is 2.32. The predicted molar refractivity (Wildman–Crippen MR) is 131 cm³/mol. The zero-order valence-electron chi connectivity index (χ0n) is 18.3. The normalized spacial score (nSPS) is 14.5. The second-order valence-corrected chi connectivity index (χ2v) is 8.57. The number of para-hydroxylation sites is 2. The molecule has 1 aliphatic heterocycles. The molecule has 3 aromatic carbocycles. The molecule has 1 aromatic heterocycles. The minimum Gasteiger partial charge on any atom is -0.365 e. The zero-order valence-corrected chi connectivity index (χ0v) is 18.3. The van der Waals surface area contributed by atoms with E-state index < -0.39 is 10.5 Å². The number of pyridine rings is 1. The molecule has 1 fully saturated rings. The van der Waals surface area contributed by atoms with Crippen LogP contribution in [0.3, 0.4) is 0 Å². The lowest BCUT2D eigenvalue weighted by atomic mass is 9.89. The van der Waals surface area contributed by atoms with Crippen molar-refractivity contribution in [3.8, 4) is 5.69 Å². The number of fused-ring (bicyclic) bond motifs is 1. The summed E-state index contributed by atoms with van der Waals surface area (Å²) in [6.45, 7) is 1.38. The van der Waals surface area contributed by atoms with Crippen molar-refractivity contribution >= 4 is 22.3 Å². The molecule has 0 spiro atoms. The van der Waals surface area contributed by atoms with Gasteiger partial charge in [0.15, 0.2) is 0 Å². The maximum atomic E-state index is 13.5. The second kappa shape index (κ2) is 8.90. The van der Waals surface area contributed by atoms with E-state index in [4.69, 9.17) is 0 Å². The lowest BCUT2D eigenvalue weighted by molar-refractivity contribution is -0.385. The van der Waals surface area contributed by atoms with E-state index in [1.165, 1.54) is 10.1 Å². The molecule has 0 amide bonds. The minimum atomic E-state index is -0.591. The Morgan fingerprint density at radius 1 is 0.848 bits per heavy atom. The van der Waals surface area contributed by atoms with Crippen LogP contribution in [0.5, 0.6) is 0 Å². The third-order valence-electron chi connectivity index (χ3n) is 6.52. The van der Waals surface area contributed by atoms with E-state index in [1.807, 2.05) is 53.4 Å². The maximum Gasteiger partial charge on any atom is 0.358 e. The molecule has 0 bridgehead atoms. The quantitative estimate of drug-likeness (QED) is 0.310. The summed E-state index contributed by atoms with van der Waals surface area (Å²) in [5.41, 5.74) is 2.13. The highest BCUT2D eigenvalue weighted by Crippen LogP contribution is 2.37. The van der Waals surface area contributed by atoms with Gasteiger partial charge in [0.2, 0.25) is 0 Å². The van der Waals surface area contributed by atoms with Crippen molar-refractivity contribution < 1.29 is 4.92 Å². The zero-order chi connectivity index (χ0) is 22.8. The average Bonchev–Trinajstić information content (AvgIpc) is 2.85. The first-order valence-corrected chi connectivity index (χ1v) is 11.3. The van der Waals surface area contributed by atoms with E-state index in [-0.39, 0.29) is 5.69 Å². The fourth-order valence-electron chi connectivity index (χ4n) is 4.94. The Hall–Kier alpha value is -3.93. The standard InChI is InChI=1S/C27H25N3O3/c31-27-26(30(32)33)25(28-17-15-21(16-18-28)19-20-9-3-1-4-10-20)23-13-7-8-14-24(23)29(27)22-11-5-2-6-12-22/h1-14,21H,15-19H2. The highest BCUT2D eigenvalue weighted by molar-refractivity contribution is 5.97. The fourth-order valence-corrected chi connectivity index (χ4v) is 4.94. The largest absolute Gasteiger partial charge is 0.365 e. The molecule has 33 heavy (non-hydrogen) atoms. The Bertz CT molecular complexity index is 1340. The number of hydrogen-bond donors (Lipinski definition) is 0. The Balaban J connectivity index is 1.56. The summed E-state index contributed by atoms with van der Waals surface area (Å²) in [6, 6.07) is 27.0. The molecule has 0 saturated carbocycles. The Morgan fingerprint density at radius 2 is 1.45 bits per heavy atom. The molecule has 0 radical (unpaired) electrons. The van der Waals surface area contributed by atoms with E-state index in [2.05, 4.69) is 24.3 Å². The summed E-state index contributed by atoms with van der Waals surface area (Å²) in [4.78, 5) is 27.2. The molecule has 4 aromatic rings. The minimum absolute atomic E-state index is 0.348.